The van der Waals surface area contributed by atoms with E-state index in [2.05, 4.69) is 15.6 Å². The molecule has 0 aliphatic rings. The molecule has 2 aromatic heterocycles. The van der Waals surface area contributed by atoms with Gasteiger partial charge < -0.3 is 19.8 Å². The van der Waals surface area contributed by atoms with E-state index >= 15 is 0 Å². The fourth-order valence-electron chi connectivity index (χ4n) is 2.01. The molecule has 0 spiro atoms. The lowest BCUT2D eigenvalue weighted by Gasteiger charge is -2.19. The van der Waals surface area contributed by atoms with E-state index in [1.807, 2.05) is 55.8 Å². The molecule has 2 heterocycles. The van der Waals surface area contributed by atoms with Crippen LogP contribution >= 0.6 is 0 Å². The number of ether oxygens (including phenoxy) is 1. The van der Waals surface area contributed by atoms with E-state index in [9.17, 15) is 4.79 Å². The Bertz CT molecular complexity index is 583. The van der Waals surface area contributed by atoms with Crippen molar-refractivity contribution in [3.8, 4) is 0 Å². The summed E-state index contributed by atoms with van der Waals surface area (Å²) in [6.07, 6.45) is 4.47. The average Bonchev–Trinajstić information content (AvgIpc) is 2.83. The van der Waals surface area contributed by atoms with E-state index in [4.69, 9.17) is 4.74 Å². The van der Waals surface area contributed by atoms with Crippen molar-refractivity contribution < 1.29 is 9.53 Å². The molecule has 0 saturated heterocycles. The lowest BCUT2D eigenvalue weighted by atomic mass is 10.2. The van der Waals surface area contributed by atoms with Crippen molar-refractivity contribution in [1.29, 1.82) is 0 Å². The van der Waals surface area contributed by atoms with Gasteiger partial charge in [-0.3, -0.25) is 0 Å². The summed E-state index contributed by atoms with van der Waals surface area (Å²) < 4.78 is 7.17. The molecule has 120 valence electrons. The first-order valence-corrected chi connectivity index (χ1v) is 7.54. The first-order chi connectivity index (χ1) is 10.4. The highest BCUT2D eigenvalue weighted by molar-refractivity contribution is 5.67. The van der Waals surface area contributed by atoms with Crippen molar-refractivity contribution in [2.75, 3.05) is 13.1 Å². The second-order valence-electron chi connectivity index (χ2n) is 6.16. The van der Waals surface area contributed by atoms with Gasteiger partial charge in [0.15, 0.2) is 0 Å². The monoisotopic (exact) mass is 304 g/mol. The number of fused-ring (bicyclic) bond motifs is 1. The van der Waals surface area contributed by atoms with Crippen LogP contribution in [0, 0.1) is 0 Å². The predicted molar refractivity (Wildman–Crippen MR) is 85.8 cm³/mol. The number of rotatable bonds is 6. The van der Waals surface area contributed by atoms with Gasteiger partial charge in [0.05, 0.1) is 5.69 Å². The molecule has 0 aliphatic heterocycles. The molecule has 0 unspecified atom stereocenters. The van der Waals surface area contributed by atoms with E-state index in [1.165, 1.54) is 0 Å². The molecule has 6 heteroatoms. The summed E-state index contributed by atoms with van der Waals surface area (Å²) in [5.74, 6) is 0. The van der Waals surface area contributed by atoms with Crippen LogP contribution in [0.2, 0.25) is 0 Å². The molecule has 2 rings (SSSR count). The summed E-state index contributed by atoms with van der Waals surface area (Å²) in [6.45, 7) is 7.67. The van der Waals surface area contributed by atoms with E-state index in [0.717, 1.165) is 24.3 Å². The number of nitrogens with one attached hydrogen (secondary N) is 2. The molecule has 1 amide bonds. The van der Waals surface area contributed by atoms with E-state index in [1.54, 1.807) is 0 Å². The number of aromatic nitrogens is 2. The second-order valence-corrected chi connectivity index (χ2v) is 6.16. The smallest absolute Gasteiger partial charge is 0.407 e. The average molecular weight is 304 g/mol. The maximum atomic E-state index is 11.4. The standard InChI is InChI=1S/C16H24N4O2/c1-16(2,3)22-15(21)18-9-6-8-17-11-13-12-20-10-5-4-7-14(20)19-13/h4-5,7,10,12,17H,6,8-9,11H2,1-3H3,(H,18,21). The van der Waals surface area contributed by atoms with Gasteiger partial charge in [0.25, 0.3) is 0 Å². The number of nitrogens with zero attached hydrogens (tertiary/aromatic N) is 2. The predicted octanol–water partition coefficient (Wildman–Crippen LogP) is 2.34. The third-order valence-electron chi connectivity index (χ3n) is 2.92. The number of hydrogen-bond acceptors (Lipinski definition) is 4. The number of hydrogen-bond donors (Lipinski definition) is 2. The lowest BCUT2D eigenvalue weighted by molar-refractivity contribution is 0.0527. The molecular weight excluding hydrogens is 280 g/mol. The minimum absolute atomic E-state index is 0.368. The number of alkyl carbamates (subject to hydrolysis) is 1. The summed E-state index contributed by atoms with van der Waals surface area (Å²) in [6, 6.07) is 5.93. The third kappa shape index (κ3) is 5.37. The van der Waals surface area contributed by atoms with Crippen LogP contribution in [-0.4, -0.2) is 34.2 Å². The summed E-state index contributed by atoms with van der Waals surface area (Å²) in [4.78, 5) is 16.0. The van der Waals surface area contributed by atoms with Crippen LogP contribution in [0.3, 0.4) is 0 Å². The maximum absolute atomic E-state index is 11.4. The van der Waals surface area contributed by atoms with Gasteiger partial charge in [0, 0.05) is 25.5 Å². The van der Waals surface area contributed by atoms with Crippen LogP contribution in [0.15, 0.2) is 30.6 Å². The molecule has 0 saturated carbocycles. The van der Waals surface area contributed by atoms with Crippen LogP contribution in [0.4, 0.5) is 4.79 Å². The van der Waals surface area contributed by atoms with E-state index in [0.29, 0.717) is 13.1 Å². The molecule has 0 aromatic carbocycles. The summed E-state index contributed by atoms with van der Waals surface area (Å²) in [5, 5.41) is 6.06. The zero-order chi connectivity index (χ0) is 16.0. The number of pyridine rings is 1. The van der Waals surface area contributed by atoms with Gasteiger partial charge in [-0.1, -0.05) is 6.07 Å². The SMILES string of the molecule is CC(C)(C)OC(=O)NCCCNCc1cn2ccccc2n1. The Hall–Kier alpha value is -2.08. The Morgan fingerprint density at radius 1 is 1.32 bits per heavy atom. The van der Waals surface area contributed by atoms with Crippen LogP contribution in [0.25, 0.3) is 5.65 Å². The van der Waals surface area contributed by atoms with Crippen molar-refractivity contribution in [2.24, 2.45) is 0 Å². The second kappa shape index (κ2) is 7.26. The van der Waals surface area contributed by atoms with Gasteiger partial charge in [-0.15, -0.1) is 0 Å². The normalized spacial score (nSPS) is 11.6. The number of carbonyl (C=O) groups excluding carboxylic acids is 1. The molecule has 0 bridgehead atoms. The van der Waals surface area contributed by atoms with Crippen molar-refractivity contribution in [3.63, 3.8) is 0 Å². The van der Waals surface area contributed by atoms with Crippen LogP contribution in [0.1, 0.15) is 32.9 Å². The van der Waals surface area contributed by atoms with E-state index < -0.39 is 5.60 Å². The first kappa shape index (κ1) is 16.3. The third-order valence-corrected chi connectivity index (χ3v) is 2.92. The van der Waals surface area contributed by atoms with Crippen molar-refractivity contribution in [3.05, 3.63) is 36.3 Å². The lowest BCUT2D eigenvalue weighted by Crippen LogP contribution is -2.33. The Morgan fingerprint density at radius 2 is 2.14 bits per heavy atom. The van der Waals surface area contributed by atoms with Crippen LogP contribution in [-0.2, 0) is 11.3 Å². The molecule has 2 N–H and O–H groups in total. The molecule has 0 aliphatic carbocycles. The fraction of sp³-hybridized carbons (Fsp3) is 0.500. The van der Waals surface area contributed by atoms with E-state index in [-0.39, 0.29) is 6.09 Å². The van der Waals surface area contributed by atoms with Crippen LogP contribution in [0.5, 0.6) is 0 Å². The summed E-state index contributed by atoms with van der Waals surface area (Å²) in [7, 11) is 0. The molecule has 0 radical (unpaired) electrons. The topological polar surface area (TPSA) is 67.7 Å². The molecule has 22 heavy (non-hydrogen) atoms. The Morgan fingerprint density at radius 3 is 2.86 bits per heavy atom. The maximum Gasteiger partial charge on any atom is 0.407 e. The van der Waals surface area contributed by atoms with Gasteiger partial charge in [-0.2, -0.15) is 0 Å². The molecule has 2 aromatic rings. The van der Waals surface area contributed by atoms with Crippen molar-refractivity contribution >= 4 is 11.7 Å². The van der Waals surface area contributed by atoms with Crippen LogP contribution < -0.4 is 10.6 Å². The fourth-order valence-corrected chi connectivity index (χ4v) is 2.01. The number of carbonyl (C=O) groups is 1. The highest BCUT2D eigenvalue weighted by Crippen LogP contribution is 2.06. The Kier molecular flexibility index (Phi) is 5.38. The minimum atomic E-state index is -0.453. The Labute approximate surface area is 130 Å². The van der Waals surface area contributed by atoms with Gasteiger partial charge in [0.2, 0.25) is 0 Å². The molecule has 0 atom stereocenters. The molecule has 0 fully saturated rings. The quantitative estimate of drug-likeness (QED) is 0.804. The van der Waals surface area contributed by atoms with Gasteiger partial charge in [-0.05, 0) is 45.9 Å². The minimum Gasteiger partial charge on any atom is -0.444 e. The molecule has 6 nitrogen and oxygen atoms in total. The first-order valence-electron chi connectivity index (χ1n) is 7.54. The van der Waals surface area contributed by atoms with Crippen molar-refractivity contribution in [1.82, 2.24) is 20.0 Å². The molecular formula is C16H24N4O2. The zero-order valence-corrected chi connectivity index (χ0v) is 13.4. The summed E-state index contributed by atoms with van der Waals surface area (Å²) in [5.41, 5.74) is 1.50. The number of amides is 1. The van der Waals surface area contributed by atoms with Gasteiger partial charge in [0.1, 0.15) is 11.2 Å². The highest BCUT2D eigenvalue weighted by Gasteiger charge is 2.15. The van der Waals surface area contributed by atoms with Gasteiger partial charge >= 0.3 is 6.09 Å². The highest BCUT2D eigenvalue weighted by atomic mass is 16.6. The zero-order valence-electron chi connectivity index (χ0n) is 13.4. The largest absolute Gasteiger partial charge is 0.444 e. The van der Waals surface area contributed by atoms with Gasteiger partial charge in [-0.25, -0.2) is 9.78 Å². The Balaban J connectivity index is 1.60. The van der Waals surface area contributed by atoms with Crippen molar-refractivity contribution in [2.45, 2.75) is 39.3 Å². The summed E-state index contributed by atoms with van der Waals surface area (Å²) >= 11 is 0. The number of imidazole rings is 1.